The molecule has 6 nitrogen and oxygen atoms in total. The quantitative estimate of drug-likeness (QED) is 0.123. The summed E-state index contributed by atoms with van der Waals surface area (Å²) in [5, 5.41) is 2.69. The lowest BCUT2D eigenvalue weighted by molar-refractivity contribution is -0.0695. The topological polar surface area (TPSA) is 58.5 Å². The van der Waals surface area contributed by atoms with Gasteiger partial charge in [-0.05, 0) is 84.7 Å². The first-order valence-corrected chi connectivity index (χ1v) is 27.8. The summed E-state index contributed by atoms with van der Waals surface area (Å²) in [6.45, 7) is 45.9. The number of aliphatic imine (C=N–C) groups is 1. The largest absolute Gasteiger partial charge is 0.414 e. The van der Waals surface area contributed by atoms with Gasteiger partial charge in [0.2, 0.25) is 0 Å². The molecule has 0 bridgehead atoms. The number of nitrogens with zero attached hydrogens (tertiary/aromatic N) is 1. The maximum absolute atomic E-state index is 7.28. The minimum absolute atomic E-state index is 0.00103. The van der Waals surface area contributed by atoms with Gasteiger partial charge < -0.3 is 22.4 Å². The third-order valence-electron chi connectivity index (χ3n) is 10.9. The van der Waals surface area contributed by atoms with Crippen LogP contribution in [0.3, 0.4) is 0 Å². The van der Waals surface area contributed by atoms with Crippen LogP contribution < -0.4 is 0 Å². The van der Waals surface area contributed by atoms with Crippen LogP contribution in [0.4, 0.5) is 0 Å². The van der Waals surface area contributed by atoms with Gasteiger partial charge in [-0.3, -0.25) is 0 Å². The Hall–Kier alpha value is 0.468. The fraction of sp³-hybridized carbons (Fsp3) is 0.968. The number of hydrogen-bond acceptors (Lipinski definition) is 7. The molecule has 11 heteroatoms. The van der Waals surface area contributed by atoms with Crippen molar-refractivity contribution in [3.05, 3.63) is 0 Å². The fourth-order valence-electron chi connectivity index (χ4n) is 3.67. The van der Waals surface area contributed by atoms with Crippen molar-refractivity contribution in [3.63, 3.8) is 0 Å². The summed E-state index contributed by atoms with van der Waals surface area (Å²) < 4.78 is 35.3. The summed E-state index contributed by atoms with van der Waals surface area (Å²) in [6, 6.07) is 0. The molecule has 1 fully saturated rings. The first-order chi connectivity index (χ1) is 18.3. The molecule has 1 heterocycles. The van der Waals surface area contributed by atoms with E-state index in [1.54, 1.807) is 0 Å². The van der Waals surface area contributed by atoms with Crippen LogP contribution in [0.5, 0.6) is 0 Å². The molecular weight excluding hydrogens is 611 g/mol. The highest BCUT2D eigenvalue weighted by molar-refractivity contribution is 7.78. The van der Waals surface area contributed by atoms with Crippen molar-refractivity contribution >= 4 is 50.6 Å². The molecule has 0 saturated carbocycles. The monoisotopic (exact) mass is 677 g/mol. The Kier molecular flexibility index (Phi) is 12.8. The zero-order chi connectivity index (χ0) is 33.5. The molecule has 1 saturated heterocycles. The van der Waals surface area contributed by atoms with Gasteiger partial charge >= 0.3 is 0 Å². The van der Waals surface area contributed by atoms with Gasteiger partial charge in [-0.1, -0.05) is 83.1 Å². The Morgan fingerprint density at radius 2 is 1.02 bits per heavy atom. The van der Waals surface area contributed by atoms with E-state index in [1.807, 2.05) is 0 Å². The predicted molar refractivity (Wildman–Crippen MR) is 193 cm³/mol. The SMILES string of the molecule is CC(C)(C)[Si](C)(C)OC[C@@H](O[Si](C)(C)C(C)(C)C)[C@@H]1O[C@@H](N=C=S)[C@H](O[Si](C)(C)C(C)(C)C)[C@H]1O[Si](C)(C)C(C)(C)C. The van der Waals surface area contributed by atoms with Crippen LogP contribution in [0, 0.1) is 0 Å². The fourth-order valence-corrected chi connectivity index (χ4v) is 8.69. The third-order valence-corrected chi connectivity index (χ3v) is 29.0. The molecule has 1 aliphatic rings. The number of thiocarbonyl (C=S) groups is 1. The maximum Gasteiger partial charge on any atom is 0.192 e. The number of ether oxygens (including phenoxy) is 1. The first-order valence-electron chi connectivity index (χ1n) is 15.7. The average molecular weight is 678 g/mol. The van der Waals surface area contributed by atoms with E-state index in [1.165, 1.54) is 0 Å². The van der Waals surface area contributed by atoms with Crippen molar-refractivity contribution in [2.75, 3.05) is 6.61 Å². The van der Waals surface area contributed by atoms with Crippen molar-refractivity contribution in [1.29, 1.82) is 0 Å². The minimum atomic E-state index is -2.27. The van der Waals surface area contributed by atoms with E-state index >= 15 is 0 Å². The van der Waals surface area contributed by atoms with Gasteiger partial charge in [0, 0.05) is 0 Å². The smallest absolute Gasteiger partial charge is 0.192 e. The highest BCUT2D eigenvalue weighted by atomic mass is 32.1. The molecule has 0 amide bonds. The molecule has 1 aliphatic heterocycles. The molecule has 42 heavy (non-hydrogen) atoms. The molecule has 0 unspecified atom stereocenters. The molecule has 0 aromatic rings. The molecule has 0 aromatic carbocycles. The summed E-state index contributed by atoms with van der Waals surface area (Å²) in [4.78, 5) is 4.54. The van der Waals surface area contributed by atoms with Crippen molar-refractivity contribution in [1.82, 2.24) is 0 Å². The third kappa shape index (κ3) is 9.74. The molecule has 1 rings (SSSR count). The van der Waals surface area contributed by atoms with E-state index in [2.05, 4.69) is 146 Å². The van der Waals surface area contributed by atoms with Gasteiger partial charge in [-0.2, -0.15) is 4.99 Å². The Morgan fingerprint density at radius 3 is 1.38 bits per heavy atom. The van der Waals surface area contributed by atoms with Gasteiger partial charge in [-0.25, -0.2) is 0 Å². The van der Waals surface area contributed by atoms with Crippen LogP contribution in [0.25, 0.3) is 0 Å². The number of hydrogen-bond donors (Lipinski definition) is 0. The van der Waals surface area contributed by atoms with Crippen molar-refractivity contribution < 1.29 is 22.4 Å². The van der Waals surface area contributed by atoms with Crippen LogP contribution in [-0.2, 0) is 22.4 Å². The summed E-state index contributed by atoms with van der Waals surface area (Å²) in [7, 11) is -8.82. The highest BCUT2D eigenvalue weighted by Gasteiger charge is 2.57. The van der Waals surface area contributed by atoms with E-state index in [9.17, 15) is 0 Å². The molecular formula is C31H67NO5SSi4. The Labute approximate surface area is 270 Å². The molecule has 0 radical (unpaired) electrons. The summed E-state index contributed by atoms with van der Waals surface area (Å²) in [5.41, 5.74) is 0. The summed E-state index contributed by atoms with van der Waals surface area (Å²) in [6.07, 6.45) is -2.18. The summed E-state index contributed by atoms with van der Waals surface area (Å²) in [5.74, 6) is 0. The number of isothiocyanates is 1. The molecule has 0 aliphatic carbocycles. The molecule has 0 N–H and O–H groups in total. The molecule has 0 aromatic heterocycles. The van der Waals surface area contributed by atoms with Gasteiger partial charge in [0.1, 0.15) is 18.3 Å². The lowest BCUT2D eigenvalue weighted by Gasteiger charge is -2.46. The second-order valence-electron chi connectivity index (χ2n) is 18.4. The standard InChI is InChI=1S/C31H67NO5SSi4/c1-28(2,3)39(13,14)33-21-23(35-40(15,16)29(4,5)6)24-25(36-41(17,18)30(7,8)9)26(27(34-24)32-22-38)37-42(19,20)31(10,11)12/h23-27H,21H2,1-20H3/t23-,24+,25+,26-,27-/m1/s1. The minimum Gasteiger partial charge on any atom is -0.414 e. The second kappa shape index (κ2) is 13.3. The van der Waals surface area contributed by atoms with E-state index in [0.717, 1.165) is 0 Å². The van der Waals surface area contributed by atoms with E-state index in [-0.39, 0.29) is 32.4 Å². The van der Waals surface area contributed by atoms with Gasteiger partial charge in [0.15, 0.2) is 39.5 Å². The van der Waals surface area contributed by atoms with Gasteiger partial charge in [0.25, 0.3) is 0 Å². The van der Waals surface area contributed by atoms with E-state index < -0.39 is 51.7 Å². The molecule has 0 spiro atoms. The molecule has 5 atom stereocenters. The lowest BCUT2D eigenvalue weighted by Crippen LogP contribution is -2.58. The zero-order valence-electron chi connectivity index (χ0n) is 31.0. The van der Waals surface area contributed by atoms with E-state index in [4.69, 9.17) is 34.7 Å². The van der Waals surface area contributed by atoms with Crippen molar-refractivity contribution in [3.8, 4) is 0 Å². The Bertz CT molecular complexity index is 954. The zero-order valence-corrected chi connectivity index (χ0v) is 35.8. The van der Waals surface area contributed by atoms with Crippen LogP contribution in [0.2, 0.25) is 72.5 Å². The van der Waals surface area contributed by atoms with Crippen LogP contribution in [-0.4, -0.2) is 75.7 Å². The predicted octanol–water partition coefficient (Wildman–Crippen LogP) is 10.0. The summed E-state index contributed by atoms with van der Waals surface area (Å²) >= 11 is 5.13. The van der Waals surface area contributed by atoms with Crippen molar-refractivity contribution in [2.45, 2.75) is 186 Å². The molecule has 248 valence electrons. The lowest BCUT2D eigenvalue weighted by atomic mass is 10.1. The van der Waals surface area contributed by atoms with Crippen LogP contribution >= 0.6 is 12.2 Å². The van der Waals surface area contributed by atoms with Crippen LogP contribution in [0.1, 0.15) is 83.1 Å². The van der Waals surface area contributed by atoms with Gasteiger partial charge in [-0.15, -0.1) is 0 Å². The van der Waals surface area contributed by atoms with Gasteiger partial charge in [0.05, 0.1) is 17.9 Å². The maximum atomic E-state index is 7.28. The Balaban J connectivity index is 3.83. The second-order valence-corrected chi connectivity index (χ2v) is 37.6. The van der Waals surface area contributed by atoms with Crippen molar-refractivity contribution in [2.24, 2.45) is 4.99 Å². The van der Waals surface area contributed by atoms with E-state index in [0.29, 0.717) is 6.61 Å². The Morgan fingerprint density at radius 1 is 0.643 bits per heavy atom. The van der Waals surface area contributed by atoms with Crippen LogP contribution in [0.15, 0.2) is 4.99 Å². The number of rotatable bonds is 11. The highest BCUT2D eigenvalue weighted by Crippen LogP contribution is 2.46. The first kappa shape index (κ1) is 40.5. The normalized spacial score (nSPS) is 24.5. The average Bonchev–Trinajstić information content (AvgIpc) is 3.04.